The molecule has 0 bridgehead atoms. The van der Waals surface area contributed by atoms with E-state index in [4.69, 9.17) is 9.84 Å². The summed E-state index contributed by atoms with van der Waals surface area (Å²) in [6.07, 6.45) is 0. The fourth-order valence-corrected chi connectivity index (χ4v) is 2.40. The number of hydrogen-bond acceptors (Lipinski definition) is 2. The lowest BCUT2D eigenvalue weighted by atomic mass is 10.0. The van der Waals surface area contributed by atoms with Crippen molar-refractivity contribution in [3.8, 4) is 17.6 Å². The van der Waals surface area contributed by atoms with E-state index in [2.05, 4.69) is 44.7 Å². The molecule has 0 aromatic heterocycles. The van der Waals surface area contributed by atoms with E-state index in [0.717, 1.165) is 11.3 Å². The molecule has 0 atom stereocenters. The molecule has 0 fully saturated rings. The monoisotopic (exact) mass is 280 g/mol. The van der Waals surface area contributed by atoms with Crippen LogP contribution in [0.25, 0.3) is 0 Å². The number of ether oxygens (including phenoxy) is 1. The third-order valence-corrected chi connectivity index (χ3v) is 3.37. The van der Waals surface area contributed by atoms with E-state index in [-0.39, 0.29) is 6.61 Å². The first-order valence-electron chi connectivity index (χ1n) is 6.99. The van der Waals surface area contributed by atoms with Crippen molar-refractivity contribution in [1.82, 2.24) is 0 Å². The van der Waals surface area contributed by atoms with Crippen LogP contribution in [0.2, 0.25) is 0 Å². The fourth-order valence-electron chi connectivity index (χ4n) is 2.40. The third-order valence-electron chi connectivity index (χ3n) is 3.37. The topological polar surface area (TPSA) is 29.5 Å². The van der Waals surface area contributed by atoms with E-state index in [0.29, 0.717) is 6.61 Å². The van der Waals surface area contributed by atoms with Gasteiger partial charge in [0.1, 0.15) is 19.0 Å². The van der Waals surface area contributed by atoms with Gasteiger partial charge in [0.15, 0.2) is 0 Å². The first-order chi connectivity index (χ1) is 10.1. The van der Waals surface area contributed by atoms with Crippen molar-refractivity contribution < 1.29 is 9.84 Å². The van der Waals surface area contributed by atoms with Crippen molar-refractivity contribution in [3.05, 3.63) is 64.2 Å². The summed E-state index contributed by atoms with van der Waals surface area (Å²) in [6.45, 7) is 6.75. The number of aryl methyl sites for hydroxylation is 3. The Morgan fingerprint density at radius 2 is 1.76 bits per heavy atom. The van der Waals surface area contributed by atoms with E-state index in [9.17, 15) is 0 Å². The molecule has 2 nitrogen and oxygen atoms in total. The summed E-state index contributed by atoms with van der Waals surface area (Å²) in [5.41, 5.74) is 5.86. The Kier molecular flexibility index (Phi) is 5.03. The maximum Gasteiger partial charge on any atom is 0.121 e. The largest absolute Gasteiger partial charge is 0.489 e. The first kappa shape index (κ1) is 15.2. The van der Waals surface area contributed by atoms with Gasteiger partial charge < -0.3 is 9.84 Å². The van der Waals surface area contributed by atoms with E-state index in [1.807, 2.05) is 24.3 Å². The summed E-state index contributed by atoms with van der Waals surface area (Å²) in [6, 6.07) is 12.0. The SMILES string of the molecule is Cc1cc(C)c(COc2cccc(C#CCO)c2)c(C)c1. The van der Waals surface area contributed by atoms with Gasteiger partial charge in [-0.2, -0.15) is 0 Å². The Labute approximate surface area is 126 Å². The van der Waals surface area contributed by atoms with Gasteiger partial charge in [-0.05, 0) is 55.7 Å². The maximum absolute atomic E-state index is 8.73. The van der Waals surface area contributed by atoms with Crippen LogP contribution in [0.4, 0.5) is 0 Å². The van der Waals surface area contributed by atoms with Crippen molar-refractivity contribution in [2.24, 2.45) is 0 Å². The van der Waals surface area contributed by atoms with Crippen molar-refractivity contribution in [1.29, 1.82) is 0 Å². The lowest BCUT2D eigenvalue weighted by Crippen LogP contribution is -2.01. The van der Waals surface area contributed by atoms with Crippen molar-refractivity contribution >= 4 is 0 Å². The molecule has 0 unspecified atom stereocenters. The third kappa shape index (κ3) is 4.11. The van der Waals surface area contributed by atoms with Gasteiger partial charge in [-0.15, -0.1) is 0 Å². The molecule has 108 valence electrons. The predicted molar refractivity (Wildman–Crippen MR) is 85.4 cm³/mol. The number of benzene rings is 2. The summed E-state index contributed by atoms with van der Waals surface area (Å²) in [4.78, 5) is 0. The lowest BCUT2D eigenvalue weighted by Gasteiger charge is -2.13. The molecule has 0 amide bonds. The Morgan fingerprint density at radius 1 is 1.05 bits per heavy atom. The fraction of sp³-hybridized carbons (Fsp3) is 0.263. The van der Waals surface area contributed by atoms with Gasteiger partial charge >= 0.3 is 0 Å². The molecule has 2 aromatic carbocycles. The second-order valence-electron chi connectivity index (χ2n) is 5.15. The molecule has 0 spiro atoms. The van der Waals surface area contributed by atoms with Gasteiger partial charge in [0, 0.05) is 5.56 Å². The lowest BCUT2D eigenvalue weighted by molar-refractivity contribution is 0.304. The number of aliphatic hydroxyl groups is 1. The highest BCUT2D eigenvalue weighted by atomic mass is 16.5. The summed E-state index contributed by atoms with van der Waals surface area (Å²) < 4.78 is 5.88. The number of hydrogen-bond donors (Lipinski definition) is 1. The van der Waals surface area contributed by atoms with Crippen LogP contribution in [-0.4, -0.2) is 11.7 Å². The zero-order chi connectivity index (χ0) is 15.2. The highest BCUT2D eigenvalue weighted by molar-refractivity contribution is 5.41. The van der Waals surface area contributed by atoms with Crippen LogP contribution in [0.3, 0.4) is 0 Å². The van der Waals surface area contributed by atoms with E-state index >= 15 is 0 Å². The maximum atomic E-state index is 8.73. The zero-order valence-electron chi connectivity index (χ0n) is 12.7. The van der Waals surface area contributed by atoms with E-state index < -0.39 is 0 Å². The van der Waals surface area contributed by atoms with E-state index in [1.165, 1.54) is 22.3 Å². The molecule has 0 aliphatic heterocycles. The van der Waals surface area contributed by atoms with Gasteiger partial charge in [-0.25, -0.2) is 0 Å². The molecule has 2 rings (SSSR count). The van der Waals surface area contributed by atoms with Crippen molar-refractivity contribution in [3.63, 3.8) is 0 Å². The van der Waals surface area contributed by atoms with Crippen molar-refractivity contribution in [2.45, 2.75) is 27.4 Å². The predicted octanol–water partition coefficient (Wildman–Crippen LogP) is 3.53. The average Bonchev–Trinajstić information content (AvgIpc) is 2.44. The summed E-state index contributed by atoms with van der Waals surface area (Å²) in [7, 11) is 0. The van der Waals surface area contributed by atoms with Gasteiger partial charge in [0.25, 0.3) is 0 Å². The van der Waals surface area contributed by atoms with Crippen molar-refractivity contribution in [2.75, 3.05) is 6.61 Å². The molecule has 1 N–H and O–H groups in total. The first-order valence-corrected chi connectivity index (χ1v) is 6.99. The van der Waals surface area contributed by atoms with Crippen LogP contribution < -0.4 is 4.74 Å². The summed E-state index contributed by atoms with van der Waals surface area (Å²) >= 11 is 0. The molecule has 2 heteroatoms. The minimum atomic E-state index is -0.132. The normalized spacial score (nSPS) is 9.90. The van der Waals surface area contributed by atoms with Gasteiger partial charge in [0.05, 0.1) is 0 Å². The van der Waals surface area contributed by atoms with Gasteiger partial charge in [-0.3, -0.25) is 0 Å². The molecule has 0 saturated heterocycles. The Morgan fingerprint density at radius 3 is 2.43 bits per heavy atom. The average molecular weight is 280 g/mol. The minimum absolute atomic E-state index is 0.132. The summed E-state index contributed by atoms with van der Waals surface area (Å²) in [5.74, 6) is 6.31. The molecular weight excluding hydrogens is 260 g/mol. The Bertz CT molecular complexity index is 667. The molecule has 0 saturated carbocycles. The van der Waals surface area contributed by atoms with Gasteiger partial charge in [0.2, 0.25) is 0 Å². The smallest absolute Gasteiger partial charge is 0.121 e. The van der Waals surface area contributed by atoms with Crippen LogP contribution in [0, 0.1) is 32.6 Å². The molecule has 0 aliphatic carbocycles. The molecule has 0 aliphatic rings. The van der Waals surface area contributed by atoms with Crippen LogP contribution in [0.5, 0.6) is 5.75 Å². The Hall–Kier alpha value is -2.24. The van der Waals surface area contributed by atoms with Crippen LogP contribution in [-0.2, 0) is 6.61 Å². The zero-order valence-corrected chi connectivity index (χ0v) is 12.7. The second-order valence-corrected chi connectivity index (χ2v) is 5.15. The van der Waals surface area contributed by atoms with Crippen LogP contribution in [0.1, 0.15) is 27.8 Å². The molecular formula is C19H20O2. The second kappa shape index (κ2) is 6.97. The minimum Gasteiger partial charge on any atom is -0.489 e. The molecule has 0 radical (unpaired) electrons. The highest BCUT2D eigenvalue weighted by Gasteiger charge is 2.05. The van der Waals surface area contributed by atoms with E-state index in [1.54, 1.807) is 0 Å². The quantitative estimate of drug-likeness (QED) is 0.871. The highest BCUT2D eigenvalue weighted by Crippen LogP contribution is 2.20. The standard InChI is InChI=1S/C19H20O2/c1-14-10-15(2)19(16(3)11-14)13-21-18-8-4-6-17(12-18)7-5-9-20/h4,6,8,10-12,20H,9,13H2,1-3H3. The molecule has 21 heavy (non-hydrogen) atoms. The number of aliphatic hydroxyl groups excluding tert-OH is 1. The molecule has 0 heterocycles. The number of rotatable bonds is 3. The van der Waals surface area contributed by atoms with Gasteiger partial charge in [-0.1, -0.05) is 35.6 Å². The summed E-state index contributed by atoms with van der Waals surface area (Å²) in [5, 5.41) is 8.73. The van der Waals surface area contributed by atoms with Crippen LogP contribution >= 0.6 is 0 Å². The molecule has 2 aromatic rings. The Balaban J connectivity index is 2.13. The van der Waals surface area contributed by atoms with Crippen LogP contribution in [0.15, 0.2) is 36.4 Å².